The van der Waals surface area contributed by atoms with E-state index in [1.807, 2.05) is 0 Å². The van der Waals surface area contributed by atoms with E-state index in [-0.39, 0.29) is 21.1 Å². The first-order chi connectivity index (χ1) is 9.81. The predicted octanol–water partition coefficient (Wildman–Crippen LogP) is 2.16. The van der Waals surface area contributed by atoms with Gasteiger partial charge in [0.15, 0.2) is 0 Å². The van der Waals surface area contributed by atoms with Crippen LogP contribution in [-0.2, 0) is 10.0 Å². The van der Waals surface area contributed by atoms with E-state index in [9.17, 15) is 23.3 Å². The fourth-order valence-electron chi connectivity index (χ4n) is 1.56. The van der Waals surface area contributed by atoms with Crippen molar-refractivity contribution in [1.29, 1.82) is 0 Å². The van der Waals surface area contributed by atoms with Crippen molar-refractivity contribution >= 4 is 38.7 Å². The second kappa shape index (κ2) is 5.50. The maximum Gasteiger partial charge on any atom is 0.347 e. The first-order valence-electron chi connectivity index (χ1n) is 5.39. The Morgan fingerprint density at radius 2 is 2.05 bits per heavy atom. The minimum atomic E-state index is -4.13. The van der Waals surface area contributed by atoms with Crippen molar-refractivity contribution in [2.75, 3.05) is 4.72 Å². The number of non-ortho nitro benzene ring substituents is 1. The average Bonchev–Trinajstić information content (AvgIpc) is 2.88. The number of nitrogens with one attached hydrogen (secondary N) is 1. The summed E-state index contributed by atoms with van der Waals surface area (Å²) in [6.45, 7) is 0. The van der Waals surface area contributed by atoms with Gasteiger partial charge in [-0.05, 0) is 17.5 Å². The van der Waals surface area contributed by atoms with Crippen LogP contribution in [0.4, 0.5) is 11.4 Å². The van der Waals surface area contributed by atoms with Crippen molar-refractivity contribution in [3.05, 3.63) is 50.7 Å². The number of aromatic carboxylic acids is 1. The quantitative estimate of drug-likeness (QED) is 0.639. The zero-order valence-corrected chi connectivity index (χ0v) is 11.8. The van der Waals surface area contributed by atoms with Crippen molar-refractivity contribution in [3.8, 4) is 0 Å². The number of carboxylic acids is 1. The molecule has 0 atom stereocenters. The molecule has 2 aromatic rings. The Morgan fingerprint density at radius 3 is 2.67 bits per heavy atom. The molecule has 0 aliphatic rings. The number of carbonyl (C=O) groups is 1. The highest BCUT2D eigenvalue weighted by molar-refractivity contribution is 7.93. The zero-order chi connectivity index (χ0) is 15.6. The van der Waals surface area contributed by atoms with E-state index in [0.717, 1.165) is 23.5 Å². The Balaban J connectivity index is 2.38. The van der Waals surface area contributed by atoms with E-state index < -0.39 is 20.9 Å². The van der Waals surface area contributed by atoms with Crippen LogP contribution in [-0.4, -0.2) is 24.4 Å². The number of rotatable bonds is 5. The van der Waals surface area contributed by atoms with Crippen LogP contribution in [0.2, 0.25) is 0 Å². The molecule has 1 heterocycles. The van der Waals surface area contributed by atoms with Gasteiger partial charge in [-0.1, -0.05) is 6.07 Å². The number of nitrogens with zero attached hydrogens (tertiary/aromatic N) is 1. The van der Waals surface area contributed by atoms with E-state index in [4.69, 9.17) is 5.11 Å². The molecule has 0 unspecified atom stereocenters. The lowest BCUT2D eigenvalue weighted by atomic mass is 10.3. The number of nitro benzene ring substituents is 1. The first kappa shape index (κ1) is 14.9. The van der Waals surface area contributed by atoms with Crippen molar-refractivity contribution in [3.63, 3.8) is 0 Å². The number of hydrogen-bond donors (Lipinski definition) is 2. The van der Waals surface area contributed by atoms with E-state index >= 15 is 0 Å². The summed E-state index contributed by atoms with van der Waals surface area (Å²) in [4.78, 5) is 20.2. The monoisotopic (exact) mass is 328 g/mol. The third-order valence-corrected chi connectivity index (χ3v) is 4.88. The first-order valence-corrected chi connectivity index (χ1v) is 7.75. The summed E-state index contributed by atoms with van der Waals surface area (Å²) in [7, 11) is -4.13. The highest BCUT2D eigenvalue weighted by Gasteiger charge is 2.24. The van der Waals surface area contributed by atoms with Crippen LogP contribution in [0.3, 0.4) is 0 Å². The number of nitro groups is 1. The molecule has 0 fully saturated rings. The van der Waals surface area contributed by atoms with Gasteiger partial charge in [0, 0.05) is 12.1 Å². The second-order valence-electron chi connectivity index (χ2n) is 3.83. The number of thiophene rings is 1. The Hall–Kier alpha value is -2.46. The van der Waals surface area contributed by atoms with Gasteiger partial charge < -0.3 is 5.11 Å². The molecule has 2 N–H and O–H groups in total. The summed E-state index contributed by atoms with van der Waals surface area (Å²) >= 11 is 0.776. The third-order valence-electron chi connectivity index (χ3n) is 2.42. The Bertz CT molecular complexity index is 812. The molecule has 0 radical (unpaired) electrons. The molecule has 10 heteroatoms. The normalized spacial score (nSPS) is 11.0. The number of hydrogen-bond acceptors (Lipinski definition) is 6. The van der Waals surface area contributed by atoms with Crippen LogP contribution in [0, 0.1) is 10.1 Å². The average molecular weight is 328 g/mol. The van der Waals surface area contributed by atoms with E-state index in [2.05, 4.69) is 4.72 Å². The molecule has 21 heavy (non-hydrogen) atoms. The van der Waals surface area contributed by atoms with Gasteiger partial charge in [0.25, 0.3) is 15.7 Å². The highest BCUT2D eigenvalue weighted by atomic mass is 32.2. The van der Waals surface area contributed by atoms with Gasteiger partial charge in [0.1, 0.15) is 9.77 Å². The van der Waals surface area contributed by atoms with Crippen molar-refractivity contribution in [2.45, 2.75) is 4.90 Å². The topological polar surface area (TPSA) is 127 Å². The largest absolute Gasteiger partial charge is 0.477 e. The minimum Gasteiger partial charge on any atom is -0.477 e. The number of anilines is 1. The fourth-order valence-corrected chi connectivity index (χ4v) is 3.87. The van der Waals surface area contributed by atoms with Gasteiger partial charge in [-0.15, -0.1) is 11.3 Å². The zero-order valence-electron chi connectivity index (χ0n) is 10.2. The number of benzene rings is 1. The predicted molar refractivity (Wildman–Crippen MR) is 75.2 cm³/mol. The highest BCUT2D eigenvalue weighted by Crippen LogP contribution is 2.25. The Labute approximate surface area is 122 Å². The SMILES string of the molecule is O=C(O)c1sccc1S(=O)(=O)Nc1cccc([N+](=O)[O-])c1. The standard InChI is InChI=1S/C11H8N2O6S2/c14-11(15)10-9(4-5-20-10)21(18,19)12-7-2-1-3-8(6-7)13(16)17/h1-6,12H,(H,14,15). The molecule has 0 bridgehead atoms. The van der Waals surface area contributed by atoms with Gasteiger partial charge in [-0.3, -0.25) is 14.8 Å². The van der Waals surface area contributed by atoms with Crippen LogP contribution in [0.15, 0.2) is 40.6 Å². The summed E-state index contributed by atoms with van der Waals surface area (Å²) in [5, 5.41) is 20.9. The molecular formula is C11H8N2O6S2. The summed E-state index contributed by atoms with van der Waals surface area (Å²) in [6.07, 6.45) is 0. The van der Waals surface area contributed by atoms with Gasteiger partial charge in [0.2, 0.25) is 0 Å². The summed E-state index contributed by atoms with van der Waals surface area (Å²) in [5.41, 5.74) is -0.300. The smallest absolute Gasteiger partial charge is 0.347 e. The van der Waals surface area contributed by atoms with Gasteiger partial charge in [-0.2, -0.15) is 0 Å². The minimum absolute atomic E-state index is 0.0215. The number of carboxylic acid groups (broad SMARTS) is 1. The molecule has 0 saturated heterocycles. The van der Waals surface area contributed by atoms with Crippen LogP contribution in [0.5, 0.6) is 0 Å². The van der Waals surface area contributed by atoms with E-state index in [1.54, 1.807) is 0 Å². The lowest BCUT2D eigenvalue weighted by Crippen LogP contribution is -2.15. The number of sulfonamides is 1. The molecule has 8 nitrogen and oxygen atoms in total. The van der Waals surface area contributed by atoms with Crippen molar-refractivity contribution in [2.24, 2.45) is 0 Å². The van der Waals surface area contributed by atoms with E-state index in [0.29, 0.717) is 0 Å². The molecule has 0 spiro atoms. The molecule has 110 valence electrons. The molecule has 0 amide bonds. The molecule has 2 rings (SSSR count). The van der Waals surface area contributed by atoms with Gasteiger partial charge >= 0.3 is 5.97 Å². The maximum atomic E-state index is 12.1. The van der Waals surface area contributed by atoms with Crippen LogP contribution < -0.4 is 4.72 Å². The van der Waals surface area contributed by atoms with Crippen LogP contribution in [0.25, 0.3) is 0 Å². The lowest BCUT2D eigenvalue weighted by Gasteiger charge is -2.07. The molecule has 0 saturated carbocycles. The second-order valence-corrected chi connectivity index (χ2v) is 6.40. The fraction of sp³-hybridized carbons (Fsp3) is 0. The molecule has 1 aromatic carbocycles. The van der Waals surface area contributed by atoms with Gasteiger partial charge in [-0.25, -0.2) is 13.2 Å². The van der Waals surface area contributed by atoms with Crippen molar-refractivity contribution in [1.82, 2.24) is 0 Å². The van der Waals surface area contributed by atoms with E-state index in [1.165, 1.54) is 23.6 Å². The summed E-state index contributed by atoms with van der Waals surface area (Å²) < 4.78 is 26.4. The molecule has 0 aliphatic carbocycles. The molecule has 1 aromatic heterocycles. The lowest BCUT2D eigenvalue weighted by molar-refractivity contribution is -0.384. The maximum absolute atomic E-state index is 12.1. The Kier molecular flexibility index (Phi) is 3.91. The van der Waals surface area contributed by atoms with Crippen LogP contribution >= 0.6 is 11.3 Å². The molecule has 0 aliphatic heterocycles. The van der Waals surface area contributed by atoms with Crippen LogP contribution in [0.1, 0.15) is 9.67 Å². The Morgan fingerprint density at radius 1 is 1.33 bits per heavy atom. The summed E-state index contributed by atoms with van der Waals surface area (Å²) in [5.74, 6) is -1.36. The van der Waals surface area contributed by atoms with Gasteiger partial charge in [0.05, 0.1) is 10.6 Å². The summed E-state index contributed by atoms with van der Waals surface area (Å²) in [6, 6.07) is 6.07. The molecular weight excluding hydrogens is 320 g/mol. The third kappa shape index (κ3) is 3.17. The van der Waals surface area contributed by atoms with Crippen molar-refractivity contribution < 1.29 is 23.2 Å².